The molecule has 4 nitrogen and oxygen atoms in total. The Morgan fingerprint density at radius 2 is 1.50 bits per heavy atom. The van der Waals surface area contributed by atoms with E-state index in [1.54, 1.807) is 0 Å². The minimum Gasteiger partial charge on any atom is -0.463 e. The Morgan fingerprint density at radius 1 is 0.875 bits per heavy atom. The number of hydrogen-bond donors (Lipinski definition) is 0. The van der Waals surface area contributed by atoms with Gasteiger partial charge in [0, 0.05) is 0 Å². The van der Waals surface area contributed by atoms with Crippen LogP contribution in [0.3, 0.4) is 0 Å². The molecule has 0 amide bonds. The fourth-order valence-corrected chi connectivity index (χ4v) is 2.76. The van der Waals surface area contributed by atoms with E-state index in [0.29, 0.717) is 18.9 Å². The molecule has 0 rings (SSSR count). The number of carbonyl (C=O) groups is 1. The third-order valence-corrected chi connectivity index (χ3v) is 4.53. The number of ether oxygens (including phenoxy) is 2. The maximum absolute atomic E-state index is 12.1. The van der Waals surface area contributed by atoms with Gasteiger partial charge in [-0.25, -0.2) is 9.59 Å². The van der Waals surface area contributed by atoms with E-state index in [4.69, 9.17) is 9.47 Å². The molecule has 0 aromatic heterocycles. The Bertz CT molecular complexity index is 304. The summed E-state index contributed by atoms with van der Waals surface area (Å²) in [7, 11) is 0. The standard InChI is InChI=1S/C20H37O4/c1-4-7-9-10-11-12-13-15-19(24-17-21)20(22)23-16-18(6-3)14-8-5-2/h18-19H,4-16H2,1-3H3. The van der Waals surface area contributed by atoms with E-state index in [-0.39, 0.29) is 0 Å². The first-order chi connectivity index (χ1) is 11.7. The Labute approximate surface area is 148 Å². The molecule has 0 N–H and O–H groups in total. The van der Waals surface area contributed by atoms with Crippen LogP contribution in [0.4, 0.5) is 0 Å². The predicted molar refractivity (Wildman–Crippen MR) is 97.4 cm³/mol. The van der Waals surface area contributed by atoms with E-state index in [2.05, 4.69) is 20.8 Å². The van der Waals surface area contributed by atoms with Crippen molar-refractivity contribution < 1.29 is 19.1 Å². The zero-order valence-electron chi connectivity index (χ0n) is 16.0. The topological polar surface area (TPSA) is 52.6 Å². The van der Waals surface area contributed by atoms with Gasteiger partial charge in [-0.2, -0.15) is 0 Å². The van der Waals surface area contributed by atoms with Crippen molar-refractivity contribution in [1.29, 1.82) is 0 Å². The molecule has 0 saturated carbocycles. The molecule has 0 aliphatic rings. The van der Waals surface area contributed by atoms with E-state index < -0.39 is 12.1 Å². The van der Waals surface area contributed by atoms with Gasteiger partial charge in [-0.15, -0.1) is 0 Å². The van der Waals surface area contributed by atoms with Gasteiger partial charge in [0.15, 0.2) is 6.10 Å². The van der Waals surface area contributed by atoms with Gasteiger partial charge < -0.3 is 9.47 Å². The highest BCUT2D eigenvalue weighted by atomic mass is 16.6. The molecule has 0 aromatic carbocycles. The molecule has 0 aliphatic heterocycles. The minimum absolute atomic E-state index is 0.397. The van der Waals surface area contributed by atoms with Gasteiger partial charge >= 0.3 is 12.4 Å². The highest BCUT2D eigenvalue weighted by Gasteiger charge is 2.22. The van der Waals surface area contributed by atoms with Crippen LogP contribution in [0.15, 0.2) is 0 Å². The monoisotopic (exact) mass is 341 g/mol. The zero-order valence-corrected chi connectivity index (χ0v) is 16.0. The van der Waals surface area contributed by atoms with Crippen molar-refractivity contribution in [3.05, 3.63) is 0 Å². The molecule has 0 aliphatic carbocycles. The molecule has 0 aromatic rings. The van der Waals surface area contributed by atoms with Crippen LogP contribution in [0.25, 0.3) is 0 Å². The van der Waals surface area contributed by atoms with Crippen molar-refractivity contribution in [1.82, 2.24) is 0 Å². The molecule has 4 heteroatoms. The molecule has 2 unspecified atom stereocenters. The van der Waals surface area contributed by atoms with Crippen LogP contribution < -0.4 is 0 Å². The molecule has 1 radical (unpaired) electrons. The minimum atomic E-state index is -0.790. The molecule has 0 heterocycles. The smallest absolute Gasteiger partial charge is 0.418 e. The van der Waals surface area contributed by atoms with Crippen LogP contribution in [-0.4, -0.2) is 25.2 Å². The summed E-state index contributed by atoms with van der Waals surface area (Å²) in [5.41, 5.74) is 0. The van der Waals surface area contributed by atoms with Crippen molar-refractivity contribution in [3.8, 4) is 0 Å². The second kappa shape index (κ2) is 16.8. The summed E-state index contributed by atoms with van der Waals surface area (Å²) in [4.78, 5) is 22.6. The van der Waals surface area contributed by atoms with Gasteiger partial charge in [-0.3, -0.25) is 0 Å². The lowest BCUT2D eigenvalue weighted by Gasteiger charge is -2.18. The fourth-order valence-electron chi connectivity index (χ4n) is 2.76. The van der Waals surface area contributed by atoms with Gasteiger partial charge in [0.25, 0.3) is 0 Å². The summed E-state index contributed by atoms with van der Waals surface area (Å²) < 4.78 is 10.2. The molecular weight excluding hydrogens is 304 g/mol. The number of rotatable bonds is 17. The first-order valence-electron chi connectivity index (χ1n) is 9.88. The Kier molecular flexibility index (Phi) is 16.0. The molecule has 141 valence electrons. The van der Waals surface area contributed by atoms with Crippen LogP contribution in [-0.2, 0) is 19.1 Å². The van der Waals surface area contributed by atoms with Crippen molar-refractivity contribution >= 4 is 12.4 Å². The third-order valence-electron chi connectivity index (χ3n) is 4.53. The molecule has 0 spiro atoms. The van der Waals surface area contributed by atoms with Gasteiger partial charge in [-0.1, -0.05) is 78.6 Å². The largest absolute Gasteiger partial charge is 0.463 e. The molecule has 0 fully saturated rings. The van der Waals surface area contributed by atoms with E-state index in [9.17, 15) is 9.59 Å². The van der Waals surface area contributed by atoms with E-state index in [1.807, 2.05) is 0 Å². The molecular formula is C20H37O4. The van der Waals surface area contributed by atoms with Crippen LogP contribution >= 0.6 is 0 Å². The van der Waals surface area contributed by atoms with Gasteiger partial charge in [0.1, 0.15) is 0 Å². The summed E-state index contributed by atoms with van der Waals surface area (Å²) in [6.45, 7) is 8.30. The lowest BCUT2D eigenvalue weighted by molar-refractivity contribution is -0.154. The van der Waals surface area contributed by atoms with Gasteiger partial charge in [0.2, 0.25) is 0 Å². The lowest BCUT2D eigenvalue weighted by atomic mass is 10.0. The van der Waals surface area contributed by atoms with Gasteiger partial charge in [-0.05, 0) is 25.2 Å². The van der Waals surface area contributed by atoms with E-state index >= 15 is 0 Å². The number of esters is 1. The zero-order chi connectivity index (χ0) is 18.0. The summed E-state index contributed by atoms with van der Waals surface area (Å²) in [5.74, 6) is -0.0207. The maximum Gasteiger partial charge on any atom is 0.418 e. The highest BCUT2D eigenvalue weighted by molar-refractivity contribution is 5.75. The van der Waals surface area contributed by atoms with Crippen LogP contribution in [0.2, 0.25) is 0 Å². The Morgan fingerprint density at radius 3 is 2.08 bits per heavy atom. The summed E-state index contributed by atoms with van der Waals surface area (Å²) in [6, 6.07) is 0. The van der Waals surface area contributed by atoms with Crippen LogP contribution in [0.5, 0.6) is 0 Å². The molecule has 0 bridgehead atoms. The SMILES string of the molecule is CCCCCCCCCC(O[C]=O)C(=O)OCC(CC)CCCC. The Balaban J connectivity index is 4.01. The quantitative estimate of drug-likeness (QED) is 0.265. The van der Waals surface area contributed by atoms with E-state index in [1.165, 1.54) is 38.6 Å². The number of unbranched alkanes of at least 4 members (excludes halogenated alkanes) is 7. The molecule has 2 atom stereocenters. The van der Waals surface area contributed by atoms with Gasteiger partial charge in [0.05, 0.1) is 6.61 Å². The lowest BCUT2D eigenvalue weighted by Crippen LogP contribution is -2.28. The normalized spacial score (nSPS) is 13.3. The molecule has 0 saturated heterocycles. The third kappa shape index (κ3) is 12.4. The second-order valence-corrected chi connectivity index (χ2v) is 6.65. The average molecular weight is 342 g/mol. The molecule has 24 heavy (non-hydrogen) atoms. The predicted octanol–water partition coefficient (Wildman–Crippen LogP) is 5.34. The van der Waals surface area contributed by atoms with Crippen molar-refractivity contribution in [2.45, 2.75) is 104 Å². The number of hydrogen-bond acceptors (Lipinski definition) is 4. The van der Waals surface area contributed by atoms with Crippen LogP contribution in [0.1, 0.15) is 97.8 Å². The van der Waals surface area contributed by atoms with Crippen molar-refractivity contribution in [3.63, 3.8) is 0 Å². The van der Waals surface area contributed by atoms with Crippen molar-refractivity contribution in [2.75, 3.05) is 6.61 Å². The number of carbonyl (C=O) groups excluding carboxylic acids is 2. The Hall–Kier alpha value is -1.06. The summed E-state index contributed by atoms with van der Waals surface area (Å²) >= 11 is 0. The van der Waals surface area contributed by atoms with Crippen molar-refractivity contribution in [2.24, 2.45) is 5.92 Å². The second-order valence-electron chi connectivity index (χ2n) is 6.65. The first kappa shape index (κ1) is 22.9. The maximum atomic E-state index is 12.1. The first-order valence-corrected chi connectivity index (χ1v) is 9.88. The average Bonchev–Trinajstić information content (AvgIpc) is 2.60. The fraction of sp³-hybridized carbons (Fsp3) is 0.900. The van der Waals surface area contributed by atoms with E-state index in [0.717, 1.165) is 38.5 Å². The summed E-state index contributed by atoms with van der Waals surface area (Å²) in [6.07, 6.45) is 12.3. The van der Waals surface area contributed by atoms with Crippen LogP contribution in [0, 0.1) is 5.92 Å². The summed E-state index contributed by atoms with van der Waals surface area (Å²) in [5, 5.41) is 0. The highest BCUT2D eigenvalue weighted by Crippen LogP contribution is 2.15.